The molecule has 0 saturated heterocycles. The summed E-state index contributed by atoms with van der Waals surface area (Å²) in [6.45, 7) is 8.17. The predicted molar refractivity (Wildman–Crippen MR) is 51.1 cm³/mol. The first-order valence-electron chi connectivity index (χ1n) is 5.06. The molecule has 0 aliphatic carbocycles. The Morgan fingerprint density at radius 1 is 1.44 bits per heavy atom. The van der Waals surface area contributed by atoms with E-state index in [1.54, 1.807) is 27.7 Å². The van der Waals surface area contributed by atoms with Crippen LogP contribution in [-0.4, -0.2) is 30.2 Å². The summed E-state index contributed by atoms with van der Waals surface area (Å²) in [5.41, 5.74) is -1.60. The van der Waals surface area contributed by atoms with Crippen molar-refractivity contribution < 1.29 is 42.4 Å². The van der Waals surface area contributed by atoms with Crippen molar-refractivity contribution >= 4 is 9.31 Å². The van der Waals surface area contributed by atoms with Gasteiger partial charge >= 0.3 is 108 Å². The fourth-order valence-electron chi connectivity index (χ4n) is 1.51. The minimum absolute atomic E-state index is 0.158. The molecule has 0 bridgehead atoms. The number of hydrogen-bond donors (Lipinski definition) is 0. The number of rotatable bonds is 2. The van der Waals surface area contributed by atoms with Crippen LogP contribution in [0, 0.1) is 5.21 Å². The topological polar surface area (TPSA) is 75.5 Å². The van der Waals surface area contributed by atoms with Gasteiger partial charge < -0.3 is 0 Å². The van der Waals surface area contributed by atoms with Gasteiger partial charge in [-0.05, 0) is 0 Å². The summed E-state index contributed by atoms with van der Waals surface area (Å²) in [6, 6.07) is 0. The maximum atomic E-state index is 12.0. The Labute approximate surface area is 108 Å². The molecular formula is C9H15HgN2O4. The van der Waals surface area contributed by atoms with E-state index in [9.17, 15) is 15.2 Å². The van der Waals surface area contributed by atoms with Gasteiger partial charge in [-0.1, -0.05) is 0 Å². The Morgan fingerprint density at radius 3 is 2.25 bits per heavy atom. The van der Waals surface area contributed by atoms with Gasteiger partial charge in [0.25, 0.3) is 0 Å². The number of nitrogens with zero attached hydrogens (tertiary/aromatic N) is 2. The van der Waals surface area contributed by atoms with Crippen LogP contribution in [0.5, 0.6) is 0 Å². The molecule has 0 aromatic rings. The first-order valence-corrected chi connectivity index (χ1v) is 10.1. The molecule has 6 nitrogen and oxygen atoms in total. The molecule has 0 aromatic heterocycles. The van der Waals surface area contributed by atoms with Crippen LogP contribution in [0.15, 0.2) is 0 Å². The van der Waals surface area contributed by atoms with E-state index in [1.165, 1.54) is 6.92 Å². The number of carbonyl (C=O) groups excluding carboxylic acids is 1. The summed E-state index contributed by atoms with van der Waals surface area (Å²) < 4.78 is 5.80. The summed E-state index contributed by atoms with van der Waals surface area (Å²) in [5, 5.41) is 24.7. The molecule has 0 N–H and O–H groups in total. The van der Waals surface area contributed by atoms with Gasteiger partial charge in [-0.25, -0.2) is 0 Å². The van der Waals surface area contributed by atoms with Crippen molar-refractivity contribution in [2.75, 3.05) is 0 Å². The van der Waals surface area contributed by atoms with Gasteiger partial charge in [0.2, 0.25) is 0 Å². The first-order chi connectivity index (χ1) is 7.12. The molecule has 0 spiro atoms. The Hall–Kier alpha value is -0.365. The zero-order valence-electron chi connectivity index (χ0n) is 10.2. The Morgan fingerprint density at radius 2 is 1.94 bits per heavy atom. The van der Waals surface area contributed by atoms with E-state index in [0.29, 0.717) is 0 Å². The fraction of sp³-hybridized carbons (Fsp3) is 0.778. The van der Waals surface area contributed by atoms with Crippen LogP contribution in [0.1, 0.15) is 34.6 Å². The Kier molecular flexibility index (Phi) is 3.54. The summed E-state index contributed by atoms with van der Waals surface area (Å²) in [4.78, 5) is 10.7. The summed E-state index contributed by atoms with van der Waals surface area (Å²) in [5.74, 6) is -0.418. The van der Waals surface area contributed by atoms with Gasteiger partial charge in [0.1, 0.15) is 0 Å². The number of amidine groups is 1. The van der Waals surface area contributed by atoms with E-state index in [4.69, 9.17) is 2.64 Å². The fourth-order valence-corrected chi connectivity index (χ4v) is 6.79. The zero-order chi connectivity index (χ0) is 12.7. The van der Waals surface area contributed by atoms with E-state index < -0.39 is 42.1 Å². The molecule has 0 saturated carbocycles. The molecule has 7 heteroatoms. The van der Waals surface area contributed by atoms with Gasteiger partial charge in [-0.15, -0.1) is 0 Å². The van der Waals surface area contributed by atoms with Crippen LogP contribution in [-0.2, 0) is 37.7 Å². The Bertz CT molecular complexity index is 351. The minimum atomic E-state index is -2.39. The average Bonchev–Trinajstić information content (AvgIpc) is 2.25. The average molecular weight is 416 g/mol. The number of hydroxylamine groups is 3. The van der Waals surface area contributed by atoms with Gasteiger partial charge in [0, 0.05) is 0 Å². The van der Waals surface area contributed by atoms with Crippen LogP contribution in [0.2, 0.25) is 0 Å². The molecule has 16 heavy (non-hydrogen) atoms. The van der Waals surface area contributed by atoms with E-state index in [1.807, 2.05) is 0 Å². The second-order valence-corrected chi connectivity index (χ2v) is 9.61. The maximum absolute atomic E-state index is 12.0. The van der Waals surface area contributed by atoms with Crippen LogP contribution in [0.4, 0.5) is 0 Å². The van der Waals surface area contributed by atoms with Gasteiger partial charge in [0.15, 0.2) is 0 Å². The molecule has 0 aromatic carbocycles. The molecule has 0 amide bonds. The summed E-state index contributed by atoms with van der Waals surface area (Å²) in [6.07, 6.45) is 0. The zero-order valence-corrected chi connectivity index (χ0v) is 15.7. The van der Waals surface area contributed by atoms with Crippen molar-refractivity contribution in [3.05, 3.63) is 5.21 Å². The number of carbonyl (C=O) groups is 1. The van der Waals surface area contributed by atoms with Crippen LogP contribution in [0.3, 0.4) is 0 Å². The van der Waals surface area contributed by atoms with Gasteiger partial charge in [-0.2, -0.15) is 0 Å². The van der Waals surface area contributed by atoms with Crippen molar-refractivity contribution in [1.29, 1.82) is 0 Å². The van der Waals surface area contributed by atoms with Crippen molar-refractivity contribution in [2.45, 2.75) is 45.7 Å². The Balaban J connectivity index is 3.00. The third kappa shape index (κ3) is 1.92. The molecule has 1 aliphatic rings. The molecule has 0 atom stereocenters. The molecule has 87 valence electrons. The molecule has 1 radical (unpaired) electrons. The van der Waals surface area contributed by atoms with Crippen LogP contribution < -0.4 is 0 Å². The second-order valence-electron chi connectivity index (χ2n) is 4.90. The second kappa shape index (κ2) is 4.14. The molecule has 0 fully saturated rings. The van der Waals surface area contributed by atoms with E-state index >= 15 is 0 Å². The molecule has 1 aliphatic heterocycles. The summed E-state index contributed by atoms with van der Waals surface area (Å²) in [7, 11) is 0. The molecule has 0 unspecified atom stereocenters. The number of hydrogen-bond acceptors (Lipinski definition) is 4. The molecular weight excluding hydrogens is 401 g/mol. The third-order valence-corrected chi connectivity index (χ3v) is 8.76. The molecule has 1 rings (SSSR count). The SMILES string of the molecule is CC(=O)[O][Hg][C]1=[N+]([O-])C(C)(C)C(C)(C)N1[O]. The van der Waals surface area contributed by atoms with Gasteiger partial charge in [0.05, 0.1) is 0 Å². The van der Waals surface area contributed by atoms with Crippen molar-refractivity contribution in [3.8, 4) is 0 Å². The quantitative estimate of drug-likeness (QED) is 0.377. The standard InChI is InChI=1S/C7H12N2O2.C2H4O2.Hg/c1-6(2)7(3,4)9(11)5-8(6)10;1-2(3)4;/h1-4H3;1H3,(H,3,4);/q;;+1/p-1. The first kappa shape index (κ1) is 13.7. The van der Waals surface area contributed by atoms with E-state index in [-0.39, 0.29) is 3.34 Å². The van der Waals surface area contributed by atoms with Crippen molar-refractivity contribution in [1.82, 2.24) is 5.06 Å². The van der Waals surface area contributed by atoms with Gasteiger partial charge in [-0.3, -0.25) is 0 Å². The monoisotopic (exact) mass is 417 g/mol. The predicted octanol–water partition coefficient (Wildman–Crippen LogP) is 0.632. The van der Waals surface area contributed by atoms with Crippen LogP contribution in [0.25, 0.3) is 0 Å². The normalized spacial score (nSPS) is 22.0. The van der Waals surface area contributed by atoms with E-state index in [0.717, 1.165) is 9.80 Å². The van der Waals surface area contributed by atoms with Crippen molar-refractivity contribution in [2.24, 2.45) is 0 Å². The third-order valence-electron chi connectivity index (χ3n) is 3.39. The van der Waals surface area contributed by atoms with Crippen LogP contribution >= 0.6 is 0 Å². The van der Waals surface area contributed by atoms with Crippen molar-refractivity contribution in [3.63, 3.8) is 0 Å². The summed E-state index contributed by atoms with van der Waals surface area (Å²) >= 11 is -2.39. The van der Waals surface area contributed by atoms with E-state index in [2.05, 4.69) is 0 Å². The molecule has 1 heterocycles.